The third-order valence-corrected chi connectivity index (χ3v) is 3.85. The second-order valence-corrected chi connectivity index (χ2v) is 6.04. The molecule has 0 saturated carbocycles. The lowest BCUT2D eigenvalue weighted by Crippen LogP contribution is -2.12. The van der Waals surface area contributed by atoms with E-state index in [4.69, 9.17) is 0 Å². The van der Waals surface area contributed by atoms with Gasteiger partial charge in [-0.2, -0.15) is 22.4 Å². The van der Waals surface area contributed by atoms with E-state index in [0.29, 0.717) is 23.7 Å². The summed E-state index contributed by atoms with van der Waals surface area (Å²) in [5, 5.41) is 12.6. The first-order chi connectivity index (χ1) is 12.9. The Kier molecular flexibility index (Phi) is 5.72. The first kappa shape index (κ1) is 18.9. The van der Waals surface area contributed by atoms with E-state index in [1.165, 1.54) is 23.3 Å². The molecule has 1 aromatic heterocycles. The van der Waals surface area contributed by atoms with Crippen molar-refractivity contribution in [3.05, 3.63) is 42.2 Å². The van der Waals surface area contributed by atoms with Crippen LogP contribution in [0.5, 0.6) is 11.5 Å². The maximum atomic E-state index is 12.6. The topological polar surface area (TPSA) is 62.1 Å². The largest absolute Gasteiger partial charge is 0.431 e. The molecule has 0 N–H and O–H groups in total. The van der Waals surface area contributed by atoms with Crippen LogP contribution in [0, 0.1) is 5.92 Å². The molecular weight excluding hydrogens is 368 g/mol. The van der Waals surface area contributed by atoms with Crippen LogP contribution in [-0.4, -0.2) is 33.4 Å². The minimum Gasteiger partial charge on any atom is -0.431 e. The molecule has 3 rings (SSSR count). The third-order valence-electron chi connectivity index (χ3n) is 3.85. The summed E-state index contributed by atoms with van der Waals surface area (Å²) in [4.78, 5) is 1.48. The number of aromatic nitrogens is 4. The zero-order valence-corrected chi connectivity index (χ0v) is 14.2. The monoisotopic (exact) mass is 384 g/mol. The quantitative estimate of drug-likeness (QED) is 0.551. The summed E-state index contributed by atoms with van der Waals surface area (Å²) in [6, 6.07) is 7.88. The Hall–Kier alpha value is -2.91. The van der Waals surface area contributed by atoms with Crippen LogP contribution >= 0.6 is 0 Å². The van der Waals surface area contributed by atoms with Gasteiger partial charge in [-0.05, 0) is 46.0 Å². The Balaban J connectivity index is 1.84. The molecule has 1 unspecified atom stereocenters. The molecule has 1 heterocycles. The molecule has 0 bridgehead atoms. The molecule has 0 saturated heterocycles. The summed E-state index contributed by atoms with van der Waals surface area (Å²) in [7, 11) is 0. The number of halogens is 4. The van der Waals surface area contributed by atoms with Crippen LogP contribution in [0.3, 0.4) is 0 Å². The van der Waals surface area contributed by atoms with Crippen molar-refractivity contribution >= 4 is 10.8 Å². The van der Waals surface area contributed by atoms with Gasteiger partial charge in [0.15, 0.2) is 17.8 Å². The lowest BCUT2D eigenvalue weighted by molar-refractivity contribution is -0.0690. The normalized spacial score (nSPS) is 12.7. The predicted octanol–water partition coefficient (Wildman–Crippen LogP) is 3.91. The van der Waals surface area contributed by atoms with Gasteiger partial charge in [0.25, 0.3) is 0 Å². The average molecular weight is 384 g/mol. The molecule has 144 valence electrons. The minimum absolute atomic E-state index is 0.190. The summed E-state index contributed by atoms with van der Waals surface area (Å²) in [5.74, 6) is -0.680. The van der Waals surface area contributed by atoms with Crippen molar-refractivity contribution in [3.8, 4) is 11.5 Å². The van der Waals surface area contributed by atoms with Gasteiger partial charge in [-0.1, -0.05) is 25.1 Å². The first-order valence-electron chi connectivity index (χ1n) is 8.08. The summed E-state index contributed by atoms with van der Waals surface area (Å²) < 4.78 is 58.8. The Morgan fingerprint density at radius 1 is 0.963 bits per heavy atom. The molecule has 0 spiro atoms. The molecule has 6 nitrogen and oxygen atoms in total. The van der Waals surface area contributed by atoms with E-state index in [2.05, 4.69) is 24.9 Å². The molecular formula is C17H16F4N4O2. The number of hydrogen-bond acceptors (Lipinski definition) is 5. The minimum atomic E-state index is -3.15. The van der Waals surface area contributed by atoms with Crippen molar-refractivity contribution in [2.75, 3.05) is 0 Å². The third kappa shape index (κ3) is 5.05. The average Bonchev–Trinajstić information content (AvgIpc) is 3.07. The molecule has 0 radical (unpaired) electrons. The van der Waals surface area contributed by atoms with Gasteiger partial charge < -0.3 is 9.47 Å². The molecule has 1 atom stereocenters. The molecule has 3 aromatic rings. The SMILES string of the molecule is CC(Cc1ccc2cc(OC(F)F)c(OC(F)F)cc2c1)Cn1ncnn1. The number of alkyl halides is 4. The number of benzene rings is 2. The Bertz CT molecular complexity index is 890. The Labute approximate surface area is 151 Å². The van der Waals surface area contributed by atoms with Gasteiger partial charge in [0.2, 0.25) is 0 Å². The molecule has 0 fully saturated rings. The summed E-state index contributed by atoms with van der Waals surface area (Å²) in [5.41, 5.74) is 0.945. The lowest BCUT2D eigenvalue weighted by atomic mass is 9.98. The van der Waals surface area contributed by atoms with E-state index >= 15 is 0 Å². The fraction of sp³-hybridized carbons (Fsp3) is 0.353. The maximum absolute atomic E-state index is 12.6. The Morgan fingerprint density at radius 2 is 1.63 bits per heavy atom. The van der Waals surface area contributed by atoms with Gasteiger partial charge in [-0.15, -0.1) is 10.2 Å². The van der Waals surface area contributed by atoms with Crippen LogP contribution < -0.4 is 9.47 Å². The highest BCUT2D eigenvalue weighted by Crippen LogP contribution is 2.35. The molecule has 0 aliphatic heterocycles. The molecule has 27 heavy (non-hydrogen) atoms. The maximum Gasteiger partial charge on any atom is 0.387 e. The van der Waals surface area contributed by atoms with Gasteiger partial charge in [-0.25, -0.2) is 0 Å². The van der Waals surface area contributed by atoms with Crippen molar-refractivity contribution < 1.29 is 27.0 Å². The molecule has 0 aliphatic carbocycles. The number of hydrogen-bond donors (Lipinski definition) is 0. The van der Waals surface area contributed by atoms with Crippen LogP contribution in [-0.2, 0) is 13.0 Å². The van der Waals surface area contributed by atoms with Gasteiger partial charge >= 0.3 is 13.2 Å². The van der Waals surface area contributed by atoms with Crippen LogP contribution in [0.25, 0.3) is 10.8 Å². The van der Waals surface area contributed by atoms with Gasteiger partial charge in [-0.3, -0.25) is 0 Å². The lowest BCUT2D eigenvalue weighted by Gasteiger charge is -2.14. The zero-order valence-electron chi connectivity index (χ0n) is 14.2. The summed E-state index contributed by atoms with van der Waals surface area (Å²) in [6.07, 6.45) is 2.03. The number of fused-ring (bicyclic) bond motifs is 1. The zero-order chi connectivity index (χ0) is 19.4. The van der Waals surface area contributed by atoms with Crippen LogP contribution in [0.2, 0.25) is 0 Å². The summed E-state index contributed by atoms with van der Waals surface area (Å²) in [6.45, 7) is -3.72. The van der Waals surface area contributed by atoms with Crippen molar-refractivity contribution in [3.63, 3.8) is 0 Å². The number of rotatable bonds is 8. The fourth-order valence-electron chi connectivity index (χ4n) is 2.83. The van der Waals surface area contributed by atoms with E-state index in [1.807, 2.05) is 13.0 Å². The number of ether oxygens (including phenoxy) is 2. The van der Waals surface area contributed by atoms with Crippen LogP contribution in [0.15, 0.2) is 36.7 Å². The second kappa shape index (κ2) is 8.19. The van der Waals surface area contributed by atoms with E-state index in [9.17, 15) is 17.6 Å². The highest BCUT2D eigenvalue weighted by molar-refractivity contribution is 5.86. The molecule has 0 aliphatic rings. The molecule has 10 heteroatoms. The highest BCUT2D eigenvalue weighted by atomic mass is 19.3. The Morgan fingerprint density at radius 3 is 2.22 bits per heavy atom. The van der Waals surface area contributed by atoms with Gasteiger partial charge in [0, 0.05) is 0 Å². The van der Waals surface area contributed by atoms with Gasteiger partial charge in [0.1, 0.15) is 0 Å². The van der Waals surface area contributed by atoms with E-state index in [0.717, 1.165) is 5.56 Å². The van der Waals surface area contributed by atoms with Crippen molar-refractivity contribution in [2.24, 2.45) is 5.92 Å². The van der Waals surface area contributed by atoms with Crippen LogP contribution in [0.4, 0.5) is 17.6 Å². The predicted molar refractivity (Wildman–Crippen MR) is 87.9 cm³/mol. The van der Waals surface area contributed by atoms with Gasteiger partial charge in [0.05, 0.1) is 6.54 Å². The molecule has 0 amide bonds. The molecule has 2 aromatic carbocycles. The standard InChI is InChI=1S/C17H16F4N4O2/c1-10(8-25-23-9-22-24-25)4-11-2-3-12-6-14(26-16(18)19)15(27-17(20)21)7-13(12)5-11/h2-3,5-7,9-10,16-17H,4,8H2,1H3. The first-order valence-corrected chi connectivity index (χ1v) is 8.08. The van der Waals surface area contributed by atoms with Crippen molar-refractivity contribution in [2.45, 2.75) is 33.1 Å². The number of nitrogens with zero attached hydrogens (tertiary/aromatic N) is 4. The van der Waals surface area contributed by atoms with Crippen molar-refractivity contribution in [1.29, 1.82) is 0 Å². The smallest absolute Gasteiger partial charge is 0.387 e. The van der Waals surface area contributed by atoms with Crippen LogP contribution in [0.1, 0.15) is 12.5 Å². The van der Waals surface area contributed by atoms with E-state index in [-0.39, 0.29) is 5.92 Å². The second-order valence-electron chi connectivity index (χ2n) is 6.04. The van der Waals surface area contributed by atoms with E-state index < -0.39 is 24.7 Å². The summed E-state index contributed by atoms with van der Waals surface area (Å²) >= 11 is 0. The fourth-order valence-corrected chi connectivity index (χ4v) is 2.83. The van der Waals surface area contributed by atoms with Crippen molar-refractivity contribution in [1.82, 2.24) is 20.2 Å². The van der Waals surface area contributed by atoms with E-state index in [1.54, 1.807) is 12.1 Å². The number of tetrazole rings is 1. The highest BCUT2D eigenvalue weighted by Gasteiger charge is 2.16.